The first-order valence-corrected chi connectivity index (χ1v) is 15.1. The zero-order valence-electron chi connectivity index (χ0n) is 40.3. The van der Waals surface area contributed by atoms with Gasteiger partial charge in [-0.25, -0.2) is 15.0 Å². The van der Waals surface area contributed by atoms with Gasteiger partial charge in [0.05, 0.1) is 20.6 Å². The van der Waals surface area contributed by atoms with E-state index in [1.54, 1.807) is 42.5 Å². The monoisotopic (exact) mass is 642 g/mol. The van der Waals surface area contributed by atoms with Crippen molar-refractivity contribution in [2.75, 3.05) is 0 Å². The van der Waals surface area contributed by atoms with Crippen LogP contribution in [0.1, 0.15) is 20.6 Å². The maximum Gasteiger partial charge on any atom is 0.164 e. The fourth-order valence-corrected chi connectivity index (χ4v) is 5.40. The summed E-state index contributed by atoms with van der Waals surface area (Å²) >= 11 is 0. The van der Waals surface area contributed by atoms with Gasteiger partial charge in [0.25, 0.3) is 0 Å². The van der Waals surface area contributed by atoms with Gasteiger partial charge in [0.1, 0.15) is 11.2 Å². The van der Waals surface area contributed by atoms with Crippen molar-refractivity contribution in [3.8, 4) is 67.5 Å². The van der Waals surface area contributed by atoms with Crippen molar-refractivity contribution < 1.29 is 25.0 Å². The van der Waals surface area contributed by atoms with Gasteiger partial charge < -0.3 is 4.42 Å². The molecule has 0 aliphatic carbocycles. The summed E-state index contributed by atoms with van der Waals surface area (Å²) in [4.78, 5) is 14.2. The number of hydrogen-bond acceptors (Lipinski definition) is 4. The topological polar surface area (TPSA) is 51.8 Å². The van der Waals surface area contributed by atoms with Crippen molar-refractivity contribution in [2.45, 2.75) is 0 Å². The van der Waals surface area contributed by atoms with E-state index in [0.717, 1.165) is 11.1 Å². The number of aromatic nitrogens is 3. The van der Waals surface area contributed by atoms with Crippen molar-refractivity contribution in [3.05, 3.63) is 176 Å². The van der Waals surface area contributed by atoms with Crippen LogP contribution in [-0.4, -0.2) is 15.0 Å². The Morgan fingerprint density at radius 3 is 1.57 bits per heavy atom. The van der Waals surface area contributed by atoms with E-state index in [2.05, 4.69) is 0 Å². The Morgan fingerprint density at radius 1 is 0.347 bits per heavy atom. The molecule has 2 heterocycles. The van der Waals surface area contributed by atoms with Crippen LogP contribution in [0.4, 0.5) is 0 Å². The molecular weight excluding hydrogens is 599 g/mol. The smallest absolute Gasteiger partial charge is 0.164 e. The minimum Gasteiger partial charge on any atom is -0.456 e. The van der Waals surface area contributed by atoms with Gasteiger partial charge in [0, 0.05) is 27.5 Å². The van der Waals surface area contributed by atoms with Gasteiger partial charge in [-0.05, 0) is 69.6 Å². The van der Waals surface area contributed by atoms with Gasteiger partial charge in [-0.2, -0.15) is 0 Å². The van der Waals surface area contributed by atoms with Gasteiger partial charge in [-0.15, -0.1) is 0 Å². The lowest BCUT2D eigenvalue weighted by atomic mass is 9.95. The molecule has 230 valence electrons. The quantitative estimate of drug-likeness (QED) is 0.181. The molecule has 9 aromatic rings. The van der Waals surface area contributed by atoms with Crippen molar-refractivity contribution in [1.29, 1.82) is 0 Å². The van der Waals surface area contributed by atoms with Crippen LogP contribution in [0, 0.1) is 0 Å². The van der Waals surface area contributed by atoms with Gasteiger partial charge in [0.15, 0.2) is 17.5 Å². The molecule has 0 radical (unpaired) electrons. The first-order valence-electron chi connectivity index (χ1n) is 22.6. The summed E-state index contributed by atoms with van der Waals surface area (Å²) in [6, 6.07) is 15.1. The number of benzene rings is 7. The normalized spacial score (nSPS) is 15.6. The maximum absolute atomic E-state index is 9.76. The molecular formula is C45H29N3O. The van der Waals surface area contributed by atoms with Crippen LogP contribution < -0.4 is 0 Å². The van der Waals surface area contributed by atoms with E-state index < -0.39 is 124 Å². The molecule has 0 atom stereocenters. The third-order valence-corrected chi connectivity index (χ3v) is 7.78. The minimum absolute atomic E-state index is 0.0996. The summed E-state index contributed by atoms with van der Waals surface area (Å²) in [5.41, 5.74) is -0.702. The number of nitrogens with zero attached hydrogens (tertiary/aromatic N) is 3. The first-order chi connectivity index (χ1) is 30.5. The van der Waals surface area contributed by atoms with Crippen LogP contribution in [0.15, 0.2) is 180 Å². The second-order valence-corrected chi connectivity index (χ2v) is 10.9. The molecule has 49 heavy (non-hydrogen) atoms. The molecule has 0 fully saturated rings. The molecule has 0 saturated carbocycles. The van der Waals surface area contributed by atoms with Crippen LogP contribution in [0.25, 0.3) is 89.5 Å². The number of fused-ring (bicyclic) bond motifs is 3. The van der Waals surface area contributed by atoms with Crippen LogP contribution >= 0.6 is 0 Å². The largest absolute Gasteiger partial charge is 0.456 e. The van der Waals surface area contributed by atoms with E-state index in [1.807, 2.05) is 42.5 Å². The van der Waals surface area contributed by atoms with Gasteiger partial charge in [0.2, 0.25) is 0 Å². The predicted octanol–water partition coefficient (Wildman–Crippen LogP) is 11.8. The van der Waals surface area contributed by atoms with E-state index >= 15 is 0 Å². The van der Waals surface area contributed by atoms with Crippen molar-refractivity contribution in [1.82, 2.24) is 15.0 Å². The van der Waals surface area contributed by atoms with Crippen LogP contribution in [0.2, 0.25) is 0 Å². The van der Waals surface area contributed by atoms with Gasteiger partial charge in [-0.3, -0.25) is 0 Å². The average molecular weight is 643 g/mol. The standard InChI is InChI=1S/C45H29N3O/c1-4-12-30(13-5-1)32-20-22-34(23-21-32)44-46-43(33-16-8-3-9-17-33)47-45(48-44)38-27-36(31-14-6-2-7-15-31)26-37(28-38)35-24-25-40-39-18-10-11-19-41(39)49-42(40)29-35/h1-29H/i2D,6D,7D,10D,11D,14D,15D,18D,19D,24D,25D,26D,27D,28D,29D. The third-order valence-electron chi connectivity index (χ3n) is 7.78. The van der Waals surface area contributed by atoms with Gasteiger partial charge >= 0.3 is 0 Å². The lowest BCUT2D eigenvalue weighted by molar-refractivity contribution is 0.669. The first kappa shape index (κ1) is 17.0. The second-order valence-electron chi connectivity index (χ2n) is 10.9. The highest BCUT2D eigenvalue weighted by molar-refractivity contribution is 6.06. The predicted molar refractivity (Wildman–Crippen MR) is 200 cm³/mol. The molecule has 0 unspecified atom stereocenters. The fraction of sp³-hybridized carbons (Fsp3) is 0. The summed E-state index contributed by atoms with van der Waals surface area (Å²) in [7, 11) is 0. The Bertz CT molecular complexity index is 3410. The highest BCUT2D eigenvalue weighted by Crippen LogP contribution is 2.36. The number of hydrogen-bond donors (Lipinski definition) is 0. The molecule has 2 aromatic heterocycles. The Morgan fingerprint density at radius 2 is 0.857 bits per heavy atom. The molecule has 0 amide bonds. The van der Waals surface area contributed by atoms with Crippen LogP contribution in [0.5, 0.6) is 0 Å². The van der Waals surface area contributed by atoms with E-state index in [4.69, 9.17) is 33.1 Å². The van der Waals surface area contributed by atoms with E-state index in [-0.39, 0.29) is 33.8 Å². The summed E-state index contributed by atoms with van der Waals surface area (Å²) in [6.07, 6.45) is 0. The molecule has 0 spiro atoms. The number of furan rings is 1. The Balaban J connectivity index is 1.40. The third kappa shape index (κ3) is 5.56. The molecule has 0 N–H and O–H groups in total. The molecule has 0 aliphatic rings. The average Bonchev–Trinajstić information content (AvgIpc) is 3.72. The molecule has 4 nitrogen and oxygen atoms in total. The lowest BCUT2D eigenvalue weighted by Gasteiger charge is -2.13. The summed E-state index contributed by atoms with van der Waals surface area (Å²) in [5, 5.41) is -0.531. The fourth-order valence-electron chi connectivity index (χ4n) is 5.40. The van der Waals surface area contributed by atoms with Crippen molar-refractivity contribution in [2.24, 2.45) is 0 Å². The molecule has 0 saturated heterocycles. The van der Waals surface area contributed by atoms with E-state index in [1.165, 1.54) is 0 Å². The van der Waals surface area contributed by atoms with Crippen LogP contribution in [0.3, 0.4) is 0 Å². The molecule has 4 heteroatoms. The highest BCUT2D eigenvalue weighted by Gasteiger charge is 2.16. The maximum atomic E-state index is 9.76. The summed E-state index contributed by atoms with van der Waals surface area (Å²) < 4.78 is 139. The summed E-state index contributed by atoms with van der Waals surface area (Å²) in [5.74, 6) is -0.104. The molecule has 9 rings (SSSR count). The lowest BCUT2D eigenvalue weighted by Crippen LogP contribution is -2.00. The molecule has 0 bridgehead atoms. The van der Waals surface area contributed by atoms with Crippen LogP contribution in [-0.2, 0) is 0 Å². The Labute approximate surface area is 305 Å². The number of para-hydroxylation sites is 1. The highest BCUT2D eigenvalue weighted by atomic mass is 16.3. The second kappa shape index (κ2) is 12.2. The molecule has 0 aliphatic heterocycles. The zero-order valence-corrected chi connectivity index (χ0v) is 25.3. The Kier molecular flexibility index (Phi) is 4.21. The Hall–Kier alpha value is -6.65. The van der Waals surface area contributed by atoms with Crippen molar-refractivity contribution >= 4 is 21.9 Å². The SMILES string of the molecule is [2H]c1c([2H])c([2H])c(-c2c([2H])c(-c3nc(-c4ccccc4)nc(-c4ccc(-c5ccccc5)cc4)n3)c([2H])c(-c3c([2H])c([2H])c4c(oc5c([2H])c([2H])c([2H])c([2H])c54)c3[2H])c2[2H])c([2H])c1[2H]. The minimum atomic E-state index is -0.799. The molecule has 7 aromatic carbocycles. The van der Waals surface area contributed by atoms with Gasteiger partial charge in [-0.1, -0.05) is 139 Å². The number of rotatable bonds is 6. The van der Waals surface area contributed by atoms with Crippen molar-refractivity contribution in [3.63, 3.8) is 0 Å². The van der Waals surface area contributed by atoms with E-state index in [0.29, 0.717) is 11.1 Å². The van der Waals surface area contributed by atoms with E-state index in [9.17, 15) is 6.85 Å². The zero-order chi connectivity index (χ0) is 45.6. The summed E-state index contributed by atoms with van der Waals surface area (Å²) in [6.45, 7) is 0.